The summed E-state index contributed by atoms with van der Waals surface area (Å²) in [5.41, 5.74) is 3.72. The average Bonchev–Trinajstić information content (AvgIpc) is 2.45. The van der Waals surface area contributed by atoms with E-state index in [2.05, 4.69) is 54.7 Å². The lowest BCUT2D eigenvalue weighted by Gasteiger charge is -2.09. The molecule has 0 bridgehead atoms. The van der Waals surface area contributed by atoms with Gasteiger partial charge in [-0.25, -0.2) is 0 Å². The Balaban J connectivity index is 1.78. The summed E-state index contributed by atoms with van der Waals surface area (Å²) in [5, 5.41) is 3.45. The molecule has 1 N–H and O–H groups in total. The molecule has 0 radical (unpaired) electrons. The molecule has 0 saturated carbocycles. The highest BCUT2D eigenvalue weighted by atomic mass is 16.5. The van der Waals surface area contributed by atoms with Gasteiger partial charge in [-0.05, 0) is 49.1 Å². The van der Waals surface area contributed by atoms with E-state index < -0.39 is 0 Å². The van der Waals surface area contributed by atoms with Crippen molar-refractivity contribution in [2.45, 2.75) is 19.8 Å². The quantitative estimate of drug-likeness (QED) is 0.786. The third-order valence-electron chi connectivity index (χ3n) is 3.21. The van der Waals surface area contributed by atoms with E-state index in [-0.39, 0.29) is 0 Å². The number of rotatable bonds is 6. The van der Waals surface area contributed by atoms with Gasteiger partial charge in [0.2, 0.25) is 0 Å². The molecule has 0 atom stereocenters. The zero-order valence-corrected chi connectivity index (χ0v) is 11.6. The lowest BCUT2D eigenvalue weighted by Crippen LogP contribution is -2.03. The highest BCUT2D eigenvalue weighted by Crippen LogP contribution is 2.21. The maximum absolute atomic E-state index is 5.26. The third-order valence-corrected chi connectivity index (χ3v) is 3.21. The number of methoxy groups -OCH3 is 1. The van der Waals surface area contributed by atoms with E-state index >= 15 is 0 Å². The van der Waals surface area contributed by atoms with Crippen LogP contribution < -0.4 is 10.1 Å². The van der Waals surface area contributed by atoms with Crippen molar-refractivity contribution in [1.82, 2.24) is 0 Å². The largest absolute Gasteiger partial charge is 0.496 e. The van der Waals surface area contributed by atoms with Gasteiger partial charge in [-0.3, -0.25) is 0 Å². The Morgan fingerprint density at radius 3 is 2.53 bits per heavy atom. The minimum absolute atomic E-state index is 0.940. The summed E-state index contributed by atoms with van der Waals surface area (Å²) in [6.07, 6.45) is 2.25. The van der Waals surface area contributed by atoms with Gasteiger partial charge in [-0.1, -0.05) is 30.3 Å². The highest BCUT2D eigenvalue weighted by molar-refractivity contribution is 5.50. The van der Waals surface area contributed by atoms with E-state index in [1.54, 1.807) is 7.11 Å². The van der Waals surface area contributed by atoms with Crippen LogP contribution in [0.4, 0.5) is 5.69 Å². The van der Waals surface area contributed by atoms with Crippen molar-refractivity contribution in [3.8, 4) is 5.75 Å². The Labute approximate surface area is 115 Å². The SMILES string of the molecule is COc1ccc(NCCCc2ccccc2)cc1C. The van der Waals surface area contributed by atoms with E-state index in [9.17, 15) is 0 Å². The lowest BCUT2D eigenvalue weighted by molar-refractivity contribution is 0.412. The summed E-state index contributed by atoms with van der Waals surface area (Å²) < 4.78 is 5.26. The van der Waals surface area contributed by atoms with E-state index in [0.29, 0.717) is 0 Å². The molecule has 2 aromatic carbocycles. The van der Waals surface area contributed by atoms with Crippen molar-refractivity contribution in [1.29, 1.82) is 0 Å². The van der Waals surface area contributed by atoms with E-state index in [4.69, 9.17) is 4.74 Å². The van der Waals surface area contributed by atoms with Crippen LogP contribution in [-0.2, 0) is 6.42 Å². The minimum Gasteiger partial charge on any atom is -0.496 e. The smallest absolute Gasteiger partial charge is 0.121 e. The summed E-state index contributed by atoms with van der Waals surface area (Å²) in [6.45, 7) is 3.05. The van der Waals surface area contributed by atoms with Crippen molar-refractivity contribution < 1.29 is 4.74 Å². The first-order valence-electron chi connectivity index (χ1n) is 6.72. The number of hydrogen-bond donors (Lipinski definition) is 1. The maximum atomic E-state index is 5.26. The monoisotopic (exact) mass is 255 g/mol. The molecule has 2 nitrogen and oxygen atoms in total. The molecule has 2 heteroatoms. The van der Waals surface area contributed by atoms with E-state index in [0.717, 1.165) is 36.4 Å². The summed E-state index contributed by atoms with van der Waals surface area (Å²) >= 11 is 0. The fourth-order valence-corrected chi connectivity index (χ4v) is 2.16. The lowest BCUT2D eigenvalue weighted by atomic mass is 10.1. The summed E-state index contributed by atoms with van der Waals surface area (Å²) in [4.78, 5) is 0. The predicted molar refractivity (Wildman–Crippen MR) is 81.0 cm³/mol. The van der Waals surface area contributed by atoms with Crippen LogP contribution in [0.25, 0.3) is 0 Å². The second-order valence-electron chi connectivity index (χ2n) is 4.70. The zero-order chi connectivity index (χ0) is 13.5. The Kier molecular flexibility index (Phi) is 4.85. The molecule has 100 valence electrons. The Bertz CT molecular complexity index is 508. The number of anilines is 1. The Morgan fingerprint density at radius 2 is 1.84 bits per heavy atom. The fraction of sp³-hybridized carbons (Fsp3) is 0.294. The fourth-order valence-electron chi connectivity index (χ4n) is 2.16. The van der Waals surface area contributed by atoms with Crippen LogP contribution in [0, 0.1) is 6.92 Å². The van der Waals surface area contributed by atoms with Gasteiger partial charge in [-0.2, -0.15) is 0 Å². The van der Waals surface area contributed by atoms with Crippen molar-refractivity contribution in [2.75, 3.05) is 19.0 Å². The standard InChI is InChI=1S/C17H21NO/c1-14-13-16(10-11-17(14)19-2)18-12-6-9-15-7-4-3-5-8-15/h3-5,7-8,10-11,13,18H,6,9,12H2,1-2H3. The second kappa shape index (κ2) is 6.83. The molecule has 0 saturated heterocycles. The summed E-state index contributed by atoms with van der Waals surface area (Å²) in [5.74, 6) is 0.940. The zero-order valence-electron chi connectivity index (χ0n) is 11.6. The van der Waals surface area contributed by atoms with Crippen LogP contribution in [0.5, 0.6) is 5.75 Å². The topological polar surface area (TPSA) is 21.3 Å². The van der Waals surface area contributed by atoms with Gasteiger partial charge >= 0.3 is 0 Å². The van der Waals surface area contributed by atoms with Gasteiger partial charge in [-0.15, -0.1) is 0 Å². The molecule has 0 amide bonds. The first-order valence-corrected chi connectivity index (χ1v) is 6.72. The van der Waals surface area contributed by atoms with E-state index in [1.807, 2.05) is 6.07 Å². The van der Waals surface area contributed by atoms with Crippen LogP contribution in [-0.4, -0.2) is 13.7 Å². The van der Waals surface area contributed by atoms with Crippen molar-refractivity contribution in [3.63, 3.8) is 0 Å². The second-order valence-corrected chi connectivity index (χ2v) is 4.70. The van der Waals surface area contributed by atoms with Crippen LogP contribution in [0.2, 0.25) is 0 Å². The normalized spacial score (nSPS) is 10.2. The number of benzene rings is 2. The predicted octanol–water partition coefficient (Wildman–Crippen LogP) is 4.05. The van der Waals surface area contributed by atoms with Crippen LogP contribution in [0.3, 0.4) is 0 Å². The third kappa shape index (κ3) is 4.02. The van der Waals surface area contributed by atoms with Crippen LogP contribution >= 0.6 is 0 Å². The first-order chi connectivity index (χ1) is 9.29. The maximum Gasteiger partial charge on any atom is 0.121 e. The van der Waals surface area contributed by atoms with Gasteiger partial charge in [0.1, 0.15) is 5.75 Å². The molecular weight excluding hydrogens is 234 g/mol. The van der Waals surface area contributed by atoms with Gasteiger partial charge < -0.3 is 10.1 Å². The molecule has 0 aliphatic carbocycles. The van der Waals surface area contributed by atoms with Crippen molar-refractivity contribution in [2.24, 2.45) is 0 Å². The summed E-state index contributed by atoms with van der Waals surface area (Å²) in [7, 11) is 1.70. The van der Waals surface area contributed by atoms with Crippen molar-refractivity contribution >= 4 is 5.69 Å². The molecule has 19 heavy (non-hydrogen) atoms. The van der Waals surface area contributed by atoms with Gasteiger partial charge in [0.05, 0.1) is 7.11 Å². The number of hydrogen-bond acceptors (Lipinski definition) is 2. The van der Waals surface area contributed by atoms with Gasteiger partial charge in [0.25, 0.3) is 0 Å². The summed E-state index contributed by atoms with van der Waals surface area (Å²) in [6, 6.07) is 16.8. The molecule has 0 fully saturated rings. The number of nitrogens with one attached hydrogen (secondary N) is 1. The molecular formula is C17H21NO. The minimum atomic E-state index is 0.940. The molecule has 2 rings (SSSR count). The molecule has 0 aliphatic rings. The molecule has 0 heterocycles. The number of aryl methyl sites for hydroxylation is 2. The molecule has 2 aromatic rings. The first kappa shape index (κ1) is 13.5. The molecule has 0 aliphatic heterocycles. The van der Waals surface area contributed by atoms with Crippen molar-refractivity contribution in [3.05, 3.63) is 59.7 Å². The highest BCUT2D eigenvalue weighted by Gasteiger charge is 1.99. The van der Waals surface area contributed by atoms with Crippen LogP contribution in [0.15, 0.2) is 48.5 Å². The average molecular weight is 255 g/mol. The van der Waals surface area contributed by atoms with Gasteiger partial charge in [0.15, 0.2) is 0 Å². The Hall–Kier alpha value is -1.96. The van der Waals surface area contributed by atoms with Gasteiger partial charge in [0, 0.05) is 12.2 Å². The van der Waals surface area contributed by atoms with Crippen LogP contribution in [0.1, 0.15) is 17.5 Å². The number of ether oxygens (including phenoxy) is 1. The Morgan fingerprint density at radius 1 is 1.05 bits per heavy atom. The molecule has 0 unspecified atom stereocenters. The van der Waals surface area contributed by atoms with E-state index in [1.165, 1.54) is 5.56 Å². The molecule has 0 spiro atoms. The molecule has 0 aromatic heterocycles.